The van der Waals surface area contributed by atoms with Crippen LogP contribution in [0, 0.1) is 0 Å². The molecule has 0 rings (SSSR count). The van der Waals surface area contributed by atoms with Crippen LogP contribution in [0.25, 0.3) is 0 Å². The highest BCUT2D eigenvalue weighted by atomic mass is 16.6. The molecule has 0 aliphatic heterocycles. The number of esters is 1. The van der Waals surface area contributed by atoms with Gasteiger partial charge in [0.05, 0.1) is 0 Å². The van der Waals surface area contributed by atoms with E-state index in [1.54, 1.807) is 0 Å². The zero-order valence-electron chi connectivity index (χ0n) is 7.75. The third-order valence-corrected chi connectivity index (χ3v) is 1.58. The molecule has 0 aliphatic carbocycles. The van der Waals surface area contributed by atoms with Crippen molar-refractivity contribution >= 4 is 5.97 Å². The molecule has 0 heterocycles. The Morgan fingerprint density at radius 1 is 1.42 bits per heavy atom. The van der Waals surface area contributed by atoms with Crippen molar-refractivity contribution in [1.82, 2.24) is 0 Å². The van der Waals surface area contributed by atoms with E-state index in [0.29, 0.717) is 12.8 Å². The fraction of sp³-hybridized carbons (Fsp3) is 0.875. The summed E-state index contributed by atoms with van der Waals surface area (Å²) < 4.78 is 4.86. The summed E-state index contributed by atoms with van der Waals surface area (Å²) in [7, 11) is 0. The Hall–Kier alpha value is -0.610. The molecule has 12 heavy (non-hydrogen) atoms. The number of ether oxygens (including phenoxy) is 1. The predicted molar refractivity (Wildman–Crippen MR) is 47.2 cm³/mol. The maximum absolute atomic E-state index is 11.0. The molecular formula is C8H18N2O2. The van der Waals surface area contributed by atoms with Gasteiger partial charge in [-0.15, -0.1) is 0 Å². The van der Waals surface area contributed by atoms with Gasteiger partial charge in [0.1, 0.15) is 6.04 Å². The Morgan fingerprint density at radius 3 is 2.42 bits per heavy atom. The molecule has 4 heteroatoms. The molecule has 4 N–H and O–H groups in total. The van der Waals surface area contributed by atoms with E-state index < -0.39 is 18.2 Å². The maximum Gasteiger partial charge on any atom is 0.324 e. The van der Waals surface area contributed by atoms with E-state index in [1.165, 1.54) is 0 Å². The molecule has 0 aliphatic rings. The van der Waals surface area contributed by atoms with Gasteiger partial charge in [-0.25, -0.2) is 0 Å². The van der Waals surface area contributed by atoms with E-state index in [4.69, 9.17) is 16.2 Å². The molecule has 0 saturated heterocycles. The lowest BCUT2D eigenvalue weighted by molar-refractivity contribution is -0.150. The first kappa shape index (κ1) is 11.4. The molecule has 0 spiro atoms. The van der Waals surface area contributed by atoms with Gasteiger partial charge in [-0.1, -0.05) is 20.3 Å². The summed E-state index contributed by atoms with van der Waals surface area (Å²) in [6.07, 6.45) is 1.66. The molecule has 0 aromatic carbocycles. The van der Waals surface area contributed by atoms with E-state index in [1.807, 2.05) is 13.8 Å². The summed E-state index contributed by atoms with van der Waals surface area (Å²) in [5.74, 6) is -0.404. The summed E-state index contributed by atoms with van der Waals surface area (Å²) in [4.78, 5) is 11.0. The number of nitrogens with two attached hydrogens (primary N) is 2. The minimum atomic E-state index is -0.534. The average Bonchev–Trinajstić information content (AvgIpc) is 2.03. The predicted octanol–water partition coefficient (Wildman–Crippen LogP) is 0.352. The number of carbonyl (C=O) groups is 1. The monoisotopic (exact) mass is 174 g/mol. The van der Waals surface area contributed by atoms with Crippen LogP contribution in [-0.4, -0.2) is 18.2 Å². The van der Waals surface area contributed by atoms with Gasteiger partial charge in [-0.2, -0.15) is 0 Å². The molecule has 4 nitrogen and oxygen atoms in total. The third kappa shape index (κ3) is 4.31. The summed E-state index contributed by atoms with van der Waals surface area (Å²) in [6.45, 7) is 3.81. The minimum Gasteiger partial charge on any atom is -0.446 e. The second-order valence-corrected chi connectivity index (χ2v) is 2.78. The summed E-state index contributed by atoms with van der Waals surface area (Å²) >= 11 is 0. The SMILES string of the molecule is CCCC(N)OC(=O)C(N)CC. The van der Waals surface area contributed by atoms with Gasteiger partial charge in [0.2, 0.25) is 0 Å². The Kier molecular flexibility index (Phi) is 5.66. The maximum atomic E-state index is 11.0. The second kappa shape index (κ2) is 5.97. The first-order valence-corrected chi connectivity index (χ1v) is 4.33. The van der Waals surface area contributed by atoms with Crippen molar-refractivity contribution in [3.05, 3.63) is 0 Å². The molecule has 2 atom stereocenters. The molecular weight excluding hydrogens is 156 g/mol. The van der Waals surface area contributed by atoms with Crippen molar-refractivity contribution in [3.8, 4) is 0 Å². The fourth-order valence-corrected chi connectivity index (χ4v) is 0.747. The zero-order valence-corrected chi connectivity index (χ0v) is 7.75. The summed E-state index contributed by atoms with van der Waals surface area (Å²) in [5.41, 5.74) is 10.9. The van der Waals surface area contributed by atoms with Gasteiger partial charge in [0.15, 0.2) is 6.23 Å². The average molecular weight is 174 g/mol. The van der Waals surface area contributed by atoms with Crippen LogP contribution in [0.15, 0.2) is 0 Å². The van der Waals surface area contributed by atoms with Gasteiger partial charge in [0.25, 0.3) is 0 Å². The topological polar surface area (TPSA) is 78.3 Å². The van der Waals surface area contributed by atoms with E-state index in [2.05, 4.69) is 0 Å². The molecule has 72 valence electrons. The number of hydrogen-bond acceptors (Lipinski definition) is 4. The lowest BCUT2D eigenvalue weighted by Crippen LogP contribution is -2.37. The Bertz CT molecular complexity index is 139. The smallest absolute Gasteiger partial charge is 0.324 e. The first-order valence-electron chi connectivity index (χ1n) is 4.33. The van der Waals surface area contributed by atoms with Crippen molar-refractivity contribution < 1.29 is 9.53 Å². The standard InChI is InChI=1S/C8H18N2O2/c1-3-5-7(10)12-8(11)6(9)4-2/h6-7H,3-5,9-10H2,1-2H3. The van der Waals surface area contributed by atoms with Crippen LogP contribution in [0.2, 0.25) is 0 Å². The van der Waals surface area contributed by atoms with Gasteiger partial charge in [0, 0.05) is 0 Å². The van der Waals surface area contributed by atoms with Crippen molar-refractivity contribution in [2.75, 3.05) is 0 Å². The van der Waals surface area contributed by atoms with Crippen LogP contribution in [0.5, 0.6) is 0 Å². The van der Waals surface area contributed by atoms with Crippen LogP contribution in [0.1, 0.15) is 33.1 Å². The number of carbonyl (C=O) groups excluding carboxylic acids is 1. The van der Waals surface area contributed by atoms with Gasteiger partial charge >= 0.3 is 5.97 Å². The minimum absolute atomic E-state index is 0.404. The first-order chi connectivity index (χ1) is 5.61. The lowest BCUT2D eigenvalue weighted by atomic mass is 10.2. The van der Waals surface area contributed by atoms with Gasteiger partial charge < -0.3 is 10.5 Å². The van der Waals surface area contributed by atoms with E-state index in [9.17, 15) is 4.79 Å². The second-order valence-electron chi connectivity index (χ2n) is 2.78. The third-order valence-electron chi connectivity index (χ3n) is 1.58. The highest BCUT2D eigenvalue weighted by molar-refractivity contribution is 5.75. The van der Waals surface area contributed by atoms with Crippen LogP contribution in [0.4, 0.5) is 0 Å². The van der Waals surface area contributed by atoms with Crippen molar-refractivity contribution in [3.63, 3.8) is 0 Å². The Labute approximate surface area is 73.2 Å². The van der Waals surface area contributed by atoms with Crippen LogP contribution in [-0.2, 0) is 9.53 Å². The molecule has 0 bridgehead atoms. The van der Waals surface area contributed by atoms with Crippen molar-refractivity contribution in [2.45, 2.75) is 45.4 Å². The van der Waals surface area contributed by atoms with Crippen molar-refractivity contribution in [1.29, 1.82) is 0 Å². The van der Waals surface area contributed by atoms with E-state index in [0.717, 1.165) is 6.42 Å². The quantitative estimate of drug-likeness (QED) is 0.465. The van der Waals surface area contributed by atoms with Crippen LogP contribution < -0.4 is 11.5 Å². The number of hydrogen-bond donors (Lipinski definition) is 2. The molecule has 0 amide bonds. The number of rotatable bonds is 5. The summed E-state index contributed by atoms with van der Waals surface area (Å²) in [5, 5.41) is 0. The fourth-order valence-electron chi connectivity index (χ4n) is 0.747. The highest BCUT2D eigenvalue weighted by Crippen LogP contribution is 1.98. The van der Waals surface area contributed by atoms with Crippen molar-refractivity contribution in [2.24, 2.45) is 11.5 Å². The molecule has 0 aromatic rings. The highest BCUT2D eigenvalue weighted by Gasteiger charge is 2.15. The van der Waals surface area contributed by atoms with Crippen LogP contribution >= 0.6 is 0 Å². The molecule has 0 aromatic heterocycles. The van der Waals surface area contributed by atoms with E-state index in [-0.39, 0.29) is 0 Å². The summed E-state index contributed by atoms with van der Waals surface area (Å²) in [6, 6.07) is -0.534. The molecule has 2 unspecified atom stereocenters. The zero-order chi connectivity index (χ0) is 9.56. The molecule has 0 saturated carbocycles. The van der Waals surface area contributed by atoms with Gasteiger partial charge in [-0.05, 0) is 12.8 Å². The van der Waals surface area contributed by atoms with Crippen LogP contribution in [0.3, 0.4) is 0 Å². The molecule has 0 radical (unpaired) electrons. The van der Waals surface area contributed by atoms with Gasteiger partial charge in [-0.3, -0.25) is 10.5 Å². The normalized spacial score (nSPS) is 15.3. The lowest BCUT2D eigenvalue weighted by Gasteiger charge is -2.14. The largest absolute Gasteiger partial charge is 0.446 e. The Balaban J connectivity index is 3.67. The molecule has 0 fully saturated rings. The van der Waals surface area contributed by atoms with E-state index >= 15 is 0 Å². The Morgan fingerprint density at radius 2 is 2.00 bits per heavy atom.